The Bertz CT molecular complexity index is 1710. The Balaban J connectivity index is 1.57. The molecule has 10 nitrogen and oxygen atoms in total. The van der Waals surface area contributed by atoms with Gasteiger partial charge in [0.2, 0.25) is 10.0 Å². The second-order valence-electron chi connectivity index (χ2n) is 10.5. The normalized spacial score (nSPS) is 18.1. The average molecular weight is 625 g/mol. The van der Waals surface area contributed by atoms with Crippen molar-refractivity contribution in [2.45, 2.75) is 44.3 Å². The van der Waals surface area contributed by atoms with Crippen LogP contribution in [-0.2, 0) is 33.1 Å². The smallest absolute Gasteiger partial charge is 0.422 e. The number of hydrogen-bond acceptors (Lipinski definition) is 7. The molecule has 0 unspecified atom stereocenters. The molecule has 2 aromatic carbocycles. The standard InChI is InChI=1S/C28H28F4N4O6S/c1-16-5-6-18(13-21(16)29)36-24(26(38)35-43(39,40)11-10-41-2)23-22(34-36)14-27(33-25(23)37)9-3-4-17-12-19(7-8-20(17)27)42-15-28(30,31)32/h5-8,12-13H,3-4,9-11,14-15H2,1-2H3,(H,33,37)(H,35,38)/t27-/m0/s1. The first kappa shape index (κ1) is 30.5. The zero-order chi connectivity index (χ0) is 31.2. The lowest BCUT2D eigenvalue weighted by Gasteiger charge is -2.42. The van der Waals surface area contributed by atoms with Gasteiger partial charge in [0.25, 0.3) is 11.8 Å². The summed E-state index contributed by atoms with van der Waals surface area (Å²) in [5.74, 6) is -2.92. The van der Waals surface area contributed by atoms with Gasteiger partial charge < -0.3 is 14.8 Å². The molecule has 15 heteroatoms. The molecule has 5 rings (SSSR count). The van der Waals surface area contributed by atoms with E-state index < -0.39 is 57.4 Å². The van der Waals surface area contributed by atoms with Gasteiger partial charge in [-0.15, -0.1) is 0 Å². The monoisotopic (exact) mass is 624 g/mol. The molecular formula is C28H28F4N4O6S. The first-order valence-electron chi connectivity index (χ1n) is 13.3. The number of nitrogens with zero attached hydrogens (tertiary/aromatic N) is 2. The van der Waals surface area contributed by atoms with Gasteiger partial charge in [0, 0.05) is 13.5 Å². The Kier molecular flexibility index (Phi) is 7.98. The number of alkyl halides is 3. The highest BCUT2D eigenvalue weighted by Gasteiger charge is 2.46. The Morgan fingerprint density at radius 3 is 2.67 bits per heavy atom. The van der Waals surface area contributed by atoms with Crippen LogP contribution in [0.1, 0.15) is 56.1 Å². The van der Waals surface area contributed by atoms with Crippen LogP contribution < -0.4 is 14.8 Å². The van der Waals surface area contributed by atoms with Crippen molar-refractivity contribution in [2.75, 3.05) is 26.1 Å². The van der Waals surface area contributed by atoms with Gasteiger partial charge in [-0.1, -0.05) is 12.1 Å². The molecule has 0 saturated heterocycles. The number of rotatable bonds is 8. The summed E-state index contributed by atoms with van der Waals surface area (Å²) in [4.78, 5) is 27.2. The second-order valence-corrected chi connectivity index (χ2v) is 12.4. The number of amides is 2. The second kappa shape index (κ2) is 11.3. The summed E-state index contributed by atoms with van der Waals surface area (Å²) in [6.45, 7) is -0.0881. The van der Waals surface area contributed by atoms with E-state index in [1.165, 1.54) is 31.4 Å². The summed E-state index contributed by atoms with van der Waals surface area (Å²) in [7, 11) is -2.87. The fraction of sp³-hybridized carbons (Fsp3) is 0.393. The quantitative estimate of drug-likeness (QED) is 0.368. The summed E-state index contributed by atoms with van der Waals surface area (Å²) in [6.07, 6.45) is -2.83. The van der Waals surface area contributed by atoms with Crippen molar-refractivity contribution < 1.29 is 45.0 Å². The molecule has 2 N–H and O–H groups in total. The summed E-state index contributed by atoms with van der Waals surface area (Å²) < 4.78 is 90.3. The van der Waals surface area contributed by atoms with Crippen LogP contribution in [0, 0.1) is 12.7 Å². The zero-order valence-corrected chi connectivity index (χ0v) is 24.0. The molecule has 0 saturated carbocycles. The van der Waals surface area contributed by atoms with Crippen LogP contribution in [-0.4, -0.2) is 62.3 Å². The SMILES string of the molecule is COCCS(=O)(=O)NC(=O)c1c2c(nn1-c1ccc(C)c(F)c1)C[C@]1(CCCc3cc(OCC(F)(F)F)ccc31)NC2=O. The molecule has 1 atom stereocenters. The number of fused-ring (bicyclic) bond motifs is 3. The van der Waals surface area contributed by atoms with Gasteiger partial charge in [0.05, 0.1) is 34.8 Å². The number of hydrogen-bond donors (Lipinski definition) is 2. The molecule has 1 aliphatic carbocycles. The highest BCUT2D eigenvalue weighted by molar-refractivity contribution is 7.90. The van der Waals surface area contributed by atoms with E-state index in [9.17, 15) is 35.6 Å². The fourth-order valence-electron chi connectivity index (χ4n) is 5.51. The van der Waals surface area contributed by atoms with Crippen LogP contribution >= 0.6 is 0 Å². The predicted octanol–water partition coefficient (Wildman–Crippen LogP) is 3.48. The van der Waals surface area contributed by atoms with Gasteiger partial charge in [0.1, 0.15) is 17.3 Å². The molecule has 3 aromatic rings. The third-order valence-electron chi connectivity index (χ3n) is 7.47. The molecular weight excluding hydrogens is 596 g/mol. The van der Waals surface area contributed by atoms with Crippen molar-refractivity contribution in [1.82, 2.24) is 19.8 Å². The Morgan fingerprint density at radius 2 is 1.98 bits per heavy atom. The Labute approximate surface area is 244 Å². The topological polar surface area (TPSA) is 129 Å². The molecule has 0 radical (unpaired) electrons. The van der Waals surface area contributed by atoms with Gasteiger partial charge in [0.15, 0.2) is 6.61 Å². The van der Waals surface area contributed by atoms with Crippen molar-refractivity contribution in [3.05, 3.63) is 75.9 Å². The van der Waals surface area contributed by atoms with Gasteiger partial charge in [-0.05, 0) is 67.1 Å². The maximum absolute atomic E-state index is 14.6. The minimum atomic E-state index is -4.50. The van der Waals surface area contributed by atoms with E-state index >= 15 is 0 Å². The van der Waals surface area contributed by atoms with E-state index in [1.807, 2.05) is 4.72 Å². The molecule has 0 bridgehead atoms. The van der Waals surface area contributed by atoms with E-state index in [2.05, 4.69) is 10.4 Å². The van der Waals surface area contributed by atoms with Crippen LogP contribution in [0.3, 0.4) is 0 Å². The number of carbonyl (C=O) groups is 2. The summed E-state index contributed by atoms with van der Waals surface area (Å²) >= 11 is 0. The minimum absolute atomic E-state index is 0.0373. The first-order valence-corrected chi connectivity index (χ1v) is 14.9. The van der Waals surface area contributed by atoms with Crippen LogP contribution in [0.2, 0.25) is 0 Å². The molecule has 1 aromatic heterocycles. The van der Waals surface area contributed by atoms with Crippen molar-refractivity contribution in [3.63, 3.8) is 0 Å². The largest absolute Gasteiger partial charge is 0.484 e. The lowest BCUT2D eigenvalue weighted by molar-refractivity contribution is -0.153. The minimum Gasteiger partial charge on any atom is -0.484 e. The van der Waals surface area contributed by atoms with E-state index in [4.69, 9.17) is 9.47 Å². The van der Waals surface area contributed by atoms with E-state index in [0.717, 1.165) is 10.7 Å². The summed E-state index contributed by atoms with van der Waals surface area (Å²) in [5, 5.41) is 7.47. The summed E-state index contributed by atoms with van der Waals surface area (Å²) in [6, 6.07) is 8.58. The maximum Gasteiger partial charge on any atom is 0.422 e. The van der Waals surface area contributed by atoms with Crippen molar-refractivity contribution in [3.8, 4) is 11.4 Å². The molecule has 1 spiro atoms. The number of aryl methyl sites for hydroxylation is 2. The third-order valence-corrected chi connectivity index (χ3v) is 8.67. The number of nitrogens with one attached hydrogen (secondary N) is 2. The number of halogens is 4. The number of sulfonamides is 1. The third kappa shape index (κ3) is 6.22. The number of carbonyl (C=O) groups excluding carboxylic acids is 2. The fourth-order valence-corrected chi connectivity index (χ4v) is 6.37. The molecule has 2 heterocycles. The van der Waals surface area contributed by atoms with E-state index in [1.54, 1.807) is 13.0 Å². The van der Waals surface area contributed by atoms with Gasteiger partial charge in [-0.2, -0.15) is 18.3 Å². The zero-order valence-electron chi connectivity index (χ0n) is 23.2. The highest BCUT2D eigenvalue weighted by Crippen LogP contribution is 2.43. The average Bonchev–Trinajstić information content (AvgIpc) is 3.32. The first-order chi connectivity index (χ1) is 20.2. The number of benzene rings is 2. The number of ether oxygens (including phenoxy) is 2. The van der Waals surface area contributed by atoms with E-state index in [-0.39, 0.29) is 35.7 Å². The lowest BCUT2D eigenvalue weighted by atomic mass is 9.71. The molecule has 1 aliphatic heterocycles. The van der Waals surface area contributed by atoms with Gasteiger partial charge in [-0.25, -0.2) is 22.2 Å². The predicted molar refractivity (Wildman–Crippen MR) is 145 cm³/mol. The van der Waals surface area contributed by atoms with Crippen LogP contribution in [0.4, 0.5) is 17.6 Å². The maximum atomic E-state index is 14.6. The Hall–Kier alpha value is -3.98. The molecule has 43 heavy (non-hydrogen) atoms. The molecule has 0 fully saturated rings. The van der Waals surface area contributed by atoms with Crippen molar-refractivity contribution >= 4 is 21.8 Å². The summed E-state index contributed by atoms with van der Waals surface area (Å²) in [5.41, 5.74) is 0.391. The van der Waals surface area contributed by atoms with Gasteiger partial charge in [-0.3, -0.25) is 9.59 Å². The van der Waals surface area contributed by atoms with Crippen molar-refractivity contribution in [2.24, 2.45) is 0 Å². The van der Waals surface area contributed by atoms with Crippen LogP contribution in [0.5, 0.6) is 5.75 Å². The number of methoxy groups -OCH3 is 1. The lowest BCUT2D eigenvalue weighted by Crippen LogP contribution is -2.53. The number of aromatic nitrogens is 2. The highest BCUT2D eigenvalue weighted by atomic mass is 32.2. The van der Waals surface area contributed by atoms with Gasteiger partial charge >= 0.3 is 6.18 Å². The van der Waals surface area contributed by atoms with Crippen LogP contribution in [0.15, 0.2) is 36.4 Å². The van der Waals surface area contributed by atoms with E-state index in [0.29, 0.717) is 36.0 Å². The Morgan fingerprint density at radius 1 is 1.21 bits per heavy atom. The van der Waals surface area contributed by atoms with Crippen LogP contribution in [0.25, 0.3) is 5.69 Å². The molecule has 2 aliphatic rings. The molecule has 2 amide bonds. The van der Waals surface area contributed by atoms with Crippen molar-refractivity contribution in [1.29, 1.82) is 0 Å². The molecule has 230 valence electrons.